The molecule has 148 valence electrons. The zero-order chi connectivity index (χ0) is 19.7. The molecule has 2 aromatic rings. The summed E-state index contributed by atoms with van der Waals surface area (Å²) in [7, 11) is -3.77. The third-order valence-electron chi connectivity index (χ3n) is 5.76. The Morgan fingerprint density at radius 1 is 0.964 bits per heavy atom. The van der Waals surface area contributed by atoms with Gasteiger partial charge in [0.2, 0.25) is 0 Å². The van der Waals surface area contributed by atoms with Crippen LogP contribution in [0.4, 0.5) is 5.69 Å². The third-order valence-corrected chi connectivity index (χ3v) is 7.11. The van der Waals surface area contributed by atoms with E-state index in [2.05, 4.69) is 4.72 Å². The first-order chi connectivity index (χ1) is 13.5. The molecule has 4 rings (SSSR count). The second kappa shape index (κ2) is 7.59. The van der Waals surface area contributed by atoms with Crippen LogP contribution in [0.3, 0.4) is 0 Å². The van der Waals surface area contributed by atoms with Crippen molar-refractivity contribution < 1.29 is 13.2 Å². The highest BCUT2D eigenvalue weighted by Crippen LogP contribution is 2.29. The van der Waals surface area contributed by atoms with Crippen LogP contribution >= 0.6 is 0 Å². The first kappa shape index (κ1) is 19.0. The van der Waals surface area contributed by atoms with Gasteiger partial charge in [0.25, 0.3) is 15.9 Å². The number of anilines is 1. The van der Waals surface area contributed by atoms with Gasteiger partial charge in [-0.25, -0.2) is 8.42 Å². The molecule has 0 atom stereocenters. The summed E-state index contributed by atoms with van der Waals surface area (Å²) in [6.45, 7) is 3.28. The predicted octanol–water partition coefficient (Wildman–Crippen LogP) is 3.91. The van der Waals surface area contributed by atoms with E-state index in [-0.39, 0.29) is 10.8 Å². The van der Waals surface area contributed by atoms with Gasteiger partial charge in [0.05, 0.1) is 16.1 Å². The van der Waals surface area contributed by atoms with Crippen LogP contribution in [0.2, 0.25) is 0 Å². The highest BCUT2D eigenvalue weighted by molar-refractivity contribution is 7.92. The summed E-state index contributed by atoms with van der Waals surface area (Å²) >= 11 is 0. The smallest absolute Gasteiger partial charge is 0.261 e. The Kier molecular flexibility index (Phi) is 5.15. The van der Waals surface area contributed by atoms with Crippen LogP contribution < -0.4 is 4.72 Å². The highest BCUT2D eigenvalue weighted by Gasteiger charge is 2.25. The molecule has 1 N–H and O–H groups in total. The topological polar surface area (TPSA) is 66.5 Å². The van der Waals surface area contributed by atoms with E-state index in [0.717, 1.165) is 62.7 Å². The number of likely N-dealkylation sites (tertiary alicyclic amines) is 1. The Bertz CT molecular complexity index is 1010. The zero-order valence-corrected chi connectivity index (χ0v) is 17.0. The lowest BCUT2D eigenvalue weighted by Crippen LogP contribution is -2.29. The van der Waals surface area contributed by atoms with E-state index in [1.54, 1.807) is 29.2 Å². The monoisotopic (exact) mass is 398 g/mol. The number of fused-ring (bicyclic) bond motifs is 1. The van der Waals surface area contributed by atoms with Crippen LogP contribution in [-0.2, 0) is 22.9 Å². The number of nitrogens with one attached hydrogen (secondary N) is 1. The maximum absolute atomic E-state index is 13.1. The largest absolute Gasteiger partial charge is 0.339 e. The number of carbonyl (C=O) groups excluding carboxylic acids is 1. The van der Waals surface area contributed by atoms with Gasteiger partial charge in [0, 0.05) is 13.1 Å². The Morgan fingerprint density at radius 2 is 1.68 bits per heavy atom. The van der Waals surface area contributed by atoms with Crippen molar-refractivity contribution in [1.29, 1.82) is 0 Å². The van der Waals surface area contributed by atoms with E-state index >= 15 is 0 Å². The third kappa shape index (κ3) is 3.65. The first-order valence-electron chi connectivity index (χ1n) is 9.99. The molecule has 5 nitrogen and oxygen atoms in total. The van der Waals surface area contributed by atoms with Gasteiger partial charge in [0.1, 0.15) is 0 Å². The van der Waals surface area contributed by atoms with E-state index in [1.165, 1.54) is 5.56 Å². The predicted molar refractivity (Wildman–Crippen MR) is 110 cm³/mol. The van der Waals surface area contributed by atoms with E-state index in [9.17, 15) is 13.2 Å². The molecule has 1 aliphatic carbocycles. The van der Waals surface area contributed by atoms with Crippen molar-refractivity contribution in [2.24, 2.45) is 0 Å². The summed E-state index contributed by atoms with van der Waals surface area (Å²) in [6.07, 6.45) is 6.16. The fraction of sp³-hybridized carbons (Fsp3) is 0.409. The van der Waals surface area contributed by atoms with Crippen molar-refractivity contribution in [2.75, 3.05) is 17.8 Å². The molecular formula is C22H26N2O3S. The van der Waals surface area contributed by atoms with Gasteiger partial charge < -0.3 is 4.90 Å². The van der Waals surface area contributed by atoms with Crippen molar-refractivity contribution >= 4 is 21.6 Å². The normalized spacial score (nSPS) is 16.7. The molecule has 1 amide bonds. The minimum absolute atomic E-state index is 0.107. The summed E-state index contributed by atoms with van der Waals surface area (Å²) in [4.78, 5) is 15.0. The lowest BCUT2D eigenvalue weighted by atomic mass is 9.92. The molecule has 2 aromatic carbocycles. The molecule has 28 heavy (non-hydrogen) atoms. The number of benzene rings is 2. The van der Waals surface area contributed by atoms with Gasteiger partial charge in [-0.1, -0.05) is 18.2 Å². The Morgan fingerprint density at radius 3 is 2.43 bits per heavy atom. The average molecular weight is 399 g/mol. The molecule has 0 unspecified atom stereocenters. The van der Waals surface area contributed by atoms with Gasteiger partial charge in [-0.3, -0.25) is 9.52 Å². The van der Waals surface area contributed by atoms with Gasteiger partial charge in [-0.05, 0) is 80.3 Å². The number of carbonyl (C=O) groups is 1. The van der Waals surface area contributed by atoms with Gasteiger partial charge in [0.15, 0.2) is 0 Å². The van der Waals surface area contributed by atoms with Crippen molar-refractivity contribution in [2.45, 2.75) is 50.3 Å². The molecule has 1 aliphatic heterocycles. The van der Waals surface area contributed by atoms with Crippen LogP contribution in [0.15, 0.2) is 41.3 Å². The maximum Gasteiger partial charge on any atom is 0.261 e. The molecule has 0 aromatic heterocycles. The molecule has 1 saturated heterocycles. The van der Waals surface area contributed by atoms with Crippen LogP contribution in [0.1, 0.15) is 52.7 Å². The molecule has 1 fully saturated rings. The lowest BCUT2D eigenvalue weighted by Gasteiger charge is -2.20. The fourth-order valence-electron chi connectivity index (χ4n) is 4.14. The number of nitrogens with zero attached hydrogens (tertiary/aromatic N) is 1. The molecule has 1 heterocycles. The minimum atomic E-state index is -3.77. The Hall–Kier alpha value is -2.34. The second-order valence-electron chi connectivity index (χ2n) is 7.74. The van der Waals surface area contributed by atoms with Crippen LogP contribution in [0.5, 0.6) is 0 Å². The van der Waals surface area contributed by atoms with E-state index < -0.39 is 10.0 Å². The van der Waals surface area contributed by atoms with Gasteiger partial charge in [-0.2, -0.15) is 0 Å². The standard InChI is InChI=1S/C22H26N2O3S/c1-16-7-6-10-20(22(25)24-13-4-5-14-24)21(16)23-28(26,27)19-12-11-17-8-2-3-9-18(17)15-19/h6-7,10-12,15,23H,2-5,8-9,13-14H2,1H3. The molecule has 0 bridgehead atoms. The molecule has 0 radical (unpaired) electrons. The van der Waals surface area contributed by atoms with Crippen molar-refractivity contribution in [3.05, 3.63) is 58.7 Å². The molecule has 0 spiro atoms. The second-order valence-corrected chi connectivity index (χ2v) is 9.42. The van der Waals surface area contributed by atoms with Gasteiger partial charge >= 0.3 is 0 Å². The van der Waals surface area contributed by atoms with E-state index in [4.69, 9.17) is 0 Å². The molecule has 2 aliphatic rings. The lowest BCUT2D eigenvalue weighted by molar-refractivity contribution is 0.0794. The van der Waals surface area contributed by atoms with Crippen molar-refractivity contribution in [3.63, 3.8) is 0 Å². The summed E-state index contributed by atoms with van der Waals surface area (Å²) in [5.41, 5.74) is 3.91. The van der Waals surface area contributed by atoms with Crippen LogP contribution in [-0.4, -0.2) is 32.3 Å². The van der Waals surface area contributed by atoms with Crippen molar-refractivity contribution in [1.82, 2.24) is 4.90 Å². The zero-order valence-electron chi connectivity index (χ0n) is 16.2. The number of aryl methyl sites for hydroxylation is 3. The number of para-hydroxylation sites is 1. The molecule has 0 saturated carbocycles. The summed E-state index contributed by atoms with van der Waals surface area (Å²) in [5, 5.41) is 0. The fourth-order valence-corrected chi connectivity index (χ4v) is 5.34. The quantitative estimate of drug-likeness (QED) is 0.849. The number of sulfonamides is 1. The summed E-state index contributed by atoms with van der Waals surface area (Å²) in [5.74, 6) is -0.107. The SMILES string of the molecule is Cc1cccc(C(=O)N2CCCC2)c1NS(=O)(=O)c1ccc2c(c1)CCCC2. The number of rotatable bonds is 4. The molecular weight excluding hydrogens is 372 g/mol. The maximum atomic E-state index is 13.1. The van der Waals surface area contributed by atoms with Crippen LogP contribution in [0.25, 0.3) is 0 Å². The summed E-state index contributed by atoms with van der Waals surface area (Å²) < 4.78 is 28.9. The molecule has 6 heteroatoms. The van der Waals surface area contributed by atoms with E-state index in [0.29, 0.717) is 11.3 Å². The van der Waals surface area contributed by atoms with Crippen molar-refractivity contribution in [3.8, 4) is 0 Å². The van der Waals surface area contributed by atoms with Crippen LogP contribution in [0, 0.1) is 6.92 Å². The Balaban J connectivity index is 1.67. The number of hydrogen-bond acceptors (Lipinski definition) is 3. The Labute approximate surface area is 166 Å². The van der Waals surface area contributed by atoms with E-state index in [1.807, 2.05) is 19.1 Å². The number of amides is 1. The summed E-state index contributed by atoms with van der Waals surface area (Å²) in [6, 6.07) is 10.7. The first-order valence-corrected chi connectivity index (χ1v) is 11.5. The van der Waals surface area contributed by atoms with Gasteiger partial charge in [-0.15, -0.1) is 0 Å². The number of hydrogen-bond donors (Lipinski definition) is 1. The average Bonchev–Trinajstić information content (AvgIpc) is 3.23. The highest BCUT2D eigenvalue weighted by atomic mass is 32.2. The minimum Gasteiger partial charge on any atom is -0.339 e.